The van der Waals surface area contributed by atoms with Gasteiger partial charge in [0.15, 0.2) is 5.70 Å². The van der Waals surface area contributed by atoms with Crippen molar-refractivity contribution in [3.05, 3.63) is 56.3 Å². The molecule has 0 unspecified atom stereocenters. The average Bonchev–Trinajstić information content (AvgIpc) is 3.06. The Kier molecular flexibility index (Phi) is 4.53. The van der Waals surface area contributed by atoms with E-state index in [0.29, 0.717) is 0 Å². The lowest BCUT2D eigenvalue weighted by Gasteiger charge is -2.08. The van der Waals surface area contributed by atoms with Gasteiger partial charge in [-0.25, -0.2) is 9.79 Å². The number of carbonyl (C=O) groups is 1. The van der Waals surface area contributed by atoms with Crippen molar-refractivity contribution >= 4 is 45.2 Å². The Bertz CT molecular complexity index is 817. The van der Waals surface area contributed by atoms with Crippen LogP contribution >= 0.6 is 27.3 Å². The molecule has 8 heteroatoms. The highest BCUT2D eigenvalue weighted by molar-refractivity contribution is 9.11. The Labute approximate surface area is 142 Å². The van der Waals surface area contributed by atoms with Crippen LogP contribution in [0.4, 0.5) is 8.78 Å². The molecule has 118 valence electrons. The number of thiophene rings is 1. The Morgan fingerprint density at radius 3 is 2.74 bits per heavy atom. The molecule has 0 radical (unpaired) electrons. The molecule has 2 heterocycles. The molecule has 0 aliphatic carbocycles. The lowest BCUT2D eigenvalue weighted by Crippen LogP contribution is -2.10. The van der Waals surface area contributed by atoms with Gasteiger partial charge in [0.05, 0.1) is 9.35 Å². The minimum atomic E-state index is -2.98. The van der Waals surface area contributed by atoms with E-state index >= 15 is 0 Å². The normalized spacial score (nSPS) is 15.9. The molecule has 0 saturated heterocycles. The minimum Gasteiger partial charge on any atom is -0.434 e. The number of hydrogen-bond acceptors (Lipinski definition) is 5. The van der Waals surface area contributed by atoms with Crippen molar-refractivity contribution in [3.8, 4) is 5.75 Å². The summed E-state index contributed by atoms with van der Waals surface area (Å²) in [5.74, 6) is -0.807. The first-order valence-electron chi connectivity index (χ1n) is 6.35. The van der Waals surface area contributed by atoms with Crippen LogP contribution in [0.5, 0.6) is 5.75 Å². The standard InChI is InChI=1S/C15H8BrF2NO3S/c16-12-6-5-8(23-12)7-10-14(20)22-13(19-10)9-3-1-2-4-11(9)21-15(17)18/h1-7,15H/b10-7+. The molecule has 0 fully saturated rings. The van der Waals surface area contributed by atoms with Gasteiger partial charge < -0.3 is 9.47 Å². The predicted molar refractivity (Wildman–Crippen MR) is 85.7 cm³/mol. The second-order valence-corrected chi connectivity index (χ2v) is 6.85. The summed E-state index contributed by atoms with van der Waals surface area (Å²) in [6.45, 7) is -2.98. The summed E-state index contributed by atoms with van der Waals surface area (Å²) in [5.41, 5.74) is 0.290. The van der Waals surface area contributed by atoms with Crippen LogP contribution < -0.4 is 4.74 Å². The molecule has 4 nitrogen and oxygen atoms in total. The third-order valence-electron chi connectivity index (χ3n) is 2.83. The fourth-order valence-electron chi connectivity index (χ4n) is 1.91. The van der Waals surface area contributed by atoms with Gasteiger partial charge in [0.2, 0.25) is 5.90 Å². The van der Waals surface area contributed by atoms with Crippen molar-refractivity contribution < 1.29 is 23.0 Å². The van der Waals surface area contributed by atoms with Gasteiger partial charge in [-0.2, -0.15) is 8.78 Å². The monoisotopic (exact) mass is 399 g/mol. The molecule has 0 saturated carbocycles. The van der Waals surface area contributed by atoms with E-state index in [0.717, 1.165) is 8.66 Å². The molecule has 0 bridgehead atoms. The largest absolute Gasteiger partial charge is 0.434 e. The minimum absolute atomic E-state index is 0.0619. The number of nitrogens with zero attached hydrogens (tertiary/aromatic N) is 1. The summed E-state index contributed by atoms with van der Waals surface area (Å²) in [7, 11) is 0. The van der Waals surface area contributed by atoms with E-state index in [1.807, 2.05) is 12.1 Å². The number of rotatable bonds is 4. The first kappa shape index (κ1) is 15.8. The molecule has 0 N–H and O–H groups in total. The fourth-order valence-corrected chi connectivity index (χ4v) is 3.27. The molecular formula is C15H8BrF2NO3S. The van der Waals surface area contributed by atoms with Gasteiger partial charge in [0, 0.05) is 4.88 Å². The van der Waals surface area contributed by atoms with Crippen molar-refractivity contribution in [1.29, 1.82) is 0 Å². The fraction of sp³-hybridized carbons (Fsp3) is 0.0667. The molecule has 1 aromatic heterocycles. The van der Waals surface area contributed by atoms with E-state index in [1.54, 1.807) is 18.2 Å². The van der Waals surface area contributed by atoms with E-state index in [2.05, 4.69) is 25.7 Å². The van der Waals surface area contributed by atoms with Crippen LogP contribution in [0.2, 0.25) is 0 Å². The Morgan fingerprint density at radius 2 is 2.04 bits per heavy atom. The summed E-state index contributed by atoms with van der Waals surface area (Å²) in [4.78, 5) is 16.8. The zero-order valence-corrected chi connectivity index (χ0v) is 13.7. The van der Waals surface area contributed by atoms with E-state index in [-0.39, 0.29) is 22.9 Å². The number of benzene rings is 1. The molecule has 1 aromatic carbocycles. The first-order chi connectivity index (χ1) is 11.0. The summed E-state index contributed by atoms with van der Waals surface area (Å²) < 4.78 is 35.3. The number of aliphatic imine (C=N–C) groups is 1. The maximum absolute atomic E-state index is 12.4. The highest BCUT2D eigenvalue weighted by Gasteiger charge is 2.27. The molecule has 3 rings (SSSR count). The average molecular weight is 400 g/mol. The van der Waals surface area contributed by atoms with Crippen molar-refractivity contribution in [3.63, 3.8) is 0 Å². The van der Waals surface area contributed by atoms with Crippen molar-refractivity contribution in [1.82, 2.24) is 0 Å². The van der Waals surface area contributed by atoms with Crippen LogP contribution in [0.3, 0.4) is 0 Å². The van der Waals surface area contributed by atoms with E-state index in [4.69, 9.17) is 4.74 Å². The van der Waals surface area contributed by atoms with Gasteiger partial charge in [-0.1, -0.05) is 12.1 Å². The van der Waals surface area contributed by atoms with Gasteiger partial charge in [-0.05, 0) is 46.3 Å². The summed E-state index contributed by atoms with van der Waals surface area (Å²) in [5, 5.41) is 0. The van der Waals surface area contributed by atoms with Crippen LogP contribution in [-0.2, 0) is 9.53 Å². The number of carbonyl (C=O) groups excluding carboxylic acids is 1. The Hall–Kier alpha value is -2.06. The molecule has 1 aliphatic heterocycles. The van der Waals surface area contributed by atoms with Crippen molar-refractivity contribution in [2.45, 2.75) is 6.61 Å². The van der Waals surface area contributed by atoms with Gasteiger partial charge in [-0.15, -0.1) is 11.3 Å². The van der Waals surface area contributed by atoms with Crippen molar-refractivity contribution in [2.24, 2.45) is 4.99 Å². The number of hydrogen-bond donors (Lipinski definition) is 0. The second-order valence-electron chi connectivity index (χ2n) is 4.35. The number of ether oxygens (including phenoxy) is 2. The molecule has 0 amide bonds. The van der Waals surface area contributed by atoms with Gasteiger partial charge >= 0.3 is 12.6 Å². The van der Waals surface area contributed by atoms with Gasteiger partial charge in [0.25, 0.3) is 0 Å². The third kappa shape index (κ3) is 3.65. The topological polar surface area (TPSA) is 47.9 Å². The van der Waals surface area contributed by atoms with Crippen molar-refractivity contribution in [2.75, 3.05) is 0 Å². The second kappa shape index (κ2) is 6.59. The number of alkyl halides is 2. The van der Waals surface area contributed by atoms with Crippen LogP contribution in [-0.4, -0.2) is 18.5 Å². The maximum Gasteiger partial charge on any atom is 0.387 e. The highest BCUT2D eigenvalue weighted by atomic mass is 79.9. The quantitative estimate of drug-likeness (QED) is 0.563. The molecule has 23 heavy (non-hydrogen) atoms. The number of para-hydroxylation sites is 1. The van der Waals surface area contributed by atoms with Gasteiger partial charge in [0.1, 0.15) is 5.75 Å². The SMILES string of the molecule is O=C1OC(c2ccccc2OC(F)F)=N/C1=C/c1ccc(Br)s1. The van der Waals surface area contributed by atoms with E-state index in [1.165, 1.54) is 23.5 Å². The van der Waals surface area contributed by atoms with Gasteiger partial charge in [-0.3, -0.25) is 0 Å². The van der Waals surface area contributed by atoms with Crippen LogP contribution in [0, 0.1) is 0 Å². The third-order valence-corrected chi connectivity index (χ3v) is 4.40. The zero-order valence-electron chi connectivity index (χ0n) is 11.3. The Balaban J connectivity index is 1.94. The molecule has 0 atom stereocenters. The summed E-state index contributed by atoms with van der Waals surface area (Å²) >= 11 is 4.75. The molecule has 2 aromatic rings. The molecule has 1 aliphatic rings. The summed E-state index contributed by atoms with van der Waals surface area (Å²) in [6, 6.07) is 9.66. The maximum atomic E-state index is 12.4. The number of esters is 1. The Morgan fingerprint density at radius 1 is 1.26 bits per heavy atom. The highest BCUT2D eigenvalue weighted by Crippen LogP contribution is 2.28. The van der Waals surface area contributed by atoms with Crippen LogP contribution in [0.25, 0.3) is 6.08 Å². The zero-order chi connectivity index (χ0) is 16.4. The number of halogens is 3. The lowest BCUT2D eigenvalue weighted by atomic mass is 10.2. The number of cyclic esters (lactones) is 1. The van der Waals surface area contributed by atoms with E-state index < -0.39 is 12.6 Å². The first-order valence-corrected chi connectivity index (χ1v) is 7.96. The lowest BCUT2D eigenvalue weighted by molar-refractivity contribution is -0.129. The van der Waals surface area contributed by atoms with Crippen LogP contribution in [0.1, 0.15) is 10.4 Å². The molecular weight excluding hydrogens is 392 g/mol. The smallest absolute Gasteiger partial charge is 0.387 e. The summed E-state index contributed by atoms with van der Waals surface area (Å²) in [6.07, 6.45) is 1.57. The molecule has 0 spiro atoms. The van der Waals surface area contributed by atoms with E-state index in [9.17, 15) is 13.6 Å². The van der Waals surface area contributed by atoms with Crippen LogP contribution in [0.15, 0.2) is 50.9 Å². The predicted octanol–water partition coefficient (Wildman–Crippen LogP) is 4.46.